The van der Waals surface area contributed by atoms with Crippen molar-refractivity contribution >= 4 is 22.9 Å². The van der Waals surface area contributed by atoms with E-state index in [0.29, 0.717) is 17.5 Å². The largest absolute Gasteiger partial charge is 0.480 e. The van der Waals surface area contributed by atoms with E-state index in [2.05, 4.69) is 9.97 Å². The van der Waals surface area contributed by atoms with E-state index < -0.39 is 23.7 Å². The van der Waals surface area contributed by atoms with E-state index in [4.69, 9.17) is 0 Å². The van der Waals surface area contributed by atoms with Crippen LogP contribution in [0.5, 0.6) is 0 Å². The number of amides is 1. The molecule has 1 saturated carbocycles. The molecule has 1 aliphatic heterocycles. The van der Waals surface area contributed by atoms with Gasteiger partial charge in [-0.15, -0.1) is 0 Å². The molecule has 0 bridgehead atoms. The number of fused-ring (bicyclic) bond motifs is 2. The lowest BCUT2D eigenvalue weighted by molar-refractivity contribution is -0.141. The van der Waals surface area contributed by atoms with Crippen molar-refractivity contribution in [2.45, 2.75) is 44.2 Å². The molecule has 126 valence electrons. The van der Waals surface area contributed by atoms with Gasteiger partial charge in [-0.1, -0.05) is 12.8 Å². The van der Waals surface area contributed by atoms with Crippen LogP contribution in [0.15, 0.2) is 18.5 Å². The Morgan fingerprint density at radius 3 is 2.88 bits per heavy atom. The monoisotopic (exact) mass is 331 g/mol. The molecule has 24 heavy (non-hydrogen) atoms. The first-order valence-electron chi connectivity index (χ1n) is 8.24. The van der Waals surface area contributed by atoms with Gasteiger partial charge in [0.1, 0.15) is 17.4 Å². The second-order valence-corrected chi connectivity index (χ2v) is 6.67. The summed E-state index contributed by atoms with van der Waals surface area (Å²) in [5, 5.41) is 9.56. The Kier molecular flexibility index (Phi) is 3.51. The van der Waals surface area contributed by atoms with E-state index in [1.54, 1.807) is 0 Å². The third-order valence-electron chi connectivity index (χ3n) is 5.33. The van der Waals surface area contributed by atoms with Crippen molar-refractivity contribution in [3.8, 4) is 0 Å². The zero-order chi connectivity index (χ0) is 16.8. The average molecular weight is 331 g/mol. The van der Waals surface area contributed by atoms with Gasteiger partial charge in [0.15, 0.2) is 0 Å². The van der Waals surface area contributed by atoms with E-state index in [0.717, 1.165) is 31.7 Å². The zero-order valence-corrected chi connectivity index (χ0v) is 13.0. The maximum Gasteiger partial charge on any atom is 0.326 e. The summed E-state index contributed by atoms with van der Waals surface area (Å²) in [5.41, 5.74) is 0.943. The number of halogens is 1. The quantitative estimate of drug-likeness (QED) is 0.885. The van der Waals surface area contributed by atoms with Crippen molar-refractivity contribution in [2.24, 2.45) is 5.92 Å². The summed E-state index contributed by atoms with van der Waals surface area (Å²) < 4.78 is 13.9. The van der Waals surface area contributed by atoms with Crippen LogP contribution in [-0.2, 0) is 4.79 Å². The number of aromatic nitrogens is 2. The number of nitrogens with one attached hydrogen (secondary N) is 1. The summed E-state index contributed by atoms with van der Waals surface area (Å²) in [4.78, 5) is 33.2. The number of nitrogens with zero attached hydrogens (tertiary/aromatic N) is 2. The summed E-state index contributed by atoms with van der Waals surface area (Å²) in [6, 6.07) is 1.51. The first-order chi connectivity index (χ1) is 11.6. The molecule has 1 amide bonds. The van der Waals surface area contributed by atoms with Crippen LogP contribution in [0.4, 0.5) is 4.39 Å². The standard InChI is InChI=1S/C17H18FN3O3/c18-10-6-11(15-12(7-10)19-8-20-15)16(22)21-13-4-2-1-3-9(13)5-14(21)17(23)24/h6-9,13-14H,1-5H2,(H,19,20)(H,23,24)/t9-,13+,14+/m1/s1. The van der Waals surface area contributed by atoms with Crippen LogP contribution < -0.4 is 0 Å². The van der Waals surface area contributed by atoms with Crippen LogP contribution >= 0.6 is 0 Å². The number of aromatic amines is 1. The molecule has 0 unspecified atom stereocenters. The van der Waals surface area contributed by atoms with Crippen molar-refractivity contribution < 1.29 is 19.1 Å². The van der Waals surface area contributed by atoms with Gasteiger partial charge >= 0.3 is 5.97 Å². The summed E-state index contributed by atoms with van der Waals surface area (Å²) >= 11 is 0. The number of aliphatic carboxylic acids is 1. The summed E-state index contributed by atoms with van der Waals surface area (Å²) in [6.07, 6.45) is 5.68. The smallest absolute Gasteiger partial charge is 0.326 e. The van der Waals surface area contributed by atoms with E-state index in [1.807, 2.05) is 0 Å². The first-order valence-corrected chi connectivity index (χ1v) is 8.24. The molecule has 2 aromatic rings. The van der Waals surface area contributed by atoms with Crippen LogP contribution in [0.2, 0.25) is 0 Å². The van der Waals surface area contributed by atoms with Gasteiger partial charge in [0.2, 0.25) is 0 Å². The number of hydrogen-bond donors (Lipinski definition) is 2. The van der Waals surface area contributed by atoms with Gasteiger partial charge in [-0.05, 0) is 37.3 Å². The van der Waals surface area contributed by atoms with Crippen LogP contribution in [0.1, 0.15) is 42.5 Å². The number of likely N-dealkylation sites (tertiary alicyclic amines) is 1. The fraction of sp³-hybridized carbons (Fsp3) is 0.471. The van der Waals surface area contributed by atoms with E-state index in [1.165, 1.54) is 17.3 Å². The Balaban J connectivity index is 1.78. The lowest BCUT2D eigenvalue weighted by Crippen LogP contribution is -2.46. The molecule has 2 heterocycles. The molecule has 2 fully saturated rings. The van der Waals surface area contributed by atoms with Gasteiger partial charge in [-0.2, -0.15) is 0 Å². The second-order valence-electron chi connectivity index (χ2n) is 6.67. The van der Waals surface area contributed by atoms with Crippen LogP contribution in [0, 0.1) is 11.7 Å². The Hall–Kier alpha value is -2.44. The topological polar surface area (TPSA) is 86.3 Å². The second kappa shape index (κ2) is 5.58. The summed E-state index contributed by atoms with van der Waals surface area (Å²) in [5.74, 6) is -1.76. The number of carbonyl (C=O) groups is 2. The molecule has 3 atom stereocenters. The van der Waals surface area contributed by atoms with Crippen LogP contribution in [0.3, 0.4) is 0 Å². The van der Waals surface area contributed by atoms with Gasteiger partial charge < -0.3 is 15.0 Å². The molecular formula is C17H18FN3O3. The number of H-pyrrole nitrogens is 1. The molecule has 1 aromatic carbocycles. The maximum absolute atomic E-state index is 13.9. The number of carbonyl (C=O) groups excluding carboxylic acids is 1. The van der Waals surface area contributed by atoms with Gasteiger partial charge in [0.25, 0.3) is 5.91 Å². The van der Waals surface area contributed by atoms with Crippen molar-refractivity contribution in [1.82, 2.24) is 14.9 Å². The predicted molar refractivity (Wildman–Crippen MR) is 84.0 cm³/mol. The van der Waals surface area contributed by atoms with Gasteiger partial charge in [-0.3, -0.25) is 4.79 Å². The van der Waals surface area contributed by atoms with Crippen molar-refractivity contribution in [3.63, 3.8) is 0 Å². The molecule has 4 rings (SSSR count). The SMILES string of the molecule is O=C(O)[C@@H]1C[C@H]2CCCC[C@@H]2N1C(=O)c1cc(F)cc2[nH]cnc12. The minimum atomic E-state index is -0.993. The highest BCUT2D eigenvalue weighted by Gasteiger charge is 2.48. The fourth-order valence-electron chi connectivity index (χ4n) is 4.29. The Morgan fingerprint density at radius 1 is 1.29 bits per heavy atom. The van der Waals surface area contributed by atoms with E-state index in [9.17, 15) is 19.1 Å². The molecule has 7 heteroatoms. The van der Waals surface area contributed by atoms with Crippen LogP contribution in [-0.4, -0.2) is 43.9 Å². The summed E-state index contributed by atoms with van der Waals surface area (Å²) in [6.45, 7) is 0. The fourth-order valence-corrected chi connectivity index (χ4v) is 4.29. The third kappa shape index (κ3) is 2.26. The van der Waals surface area contributed by atoms with Gasteiger partial charge in [-0.25, -0.2) is 14.2 Å². The molecule has 0 spiro atoms. The third-order valence-corrected chi connectivity index (χ3v) is 5.33. The highest BCUT2D eigenvalue weighted by molar-refractivity contribution is 6.06. The highest BCUT2D eigenvalue weighted by Crippen LogP contribution is 2.41. The van der Waals surface area contributed by atoms with Crippen molar-refractivity contribution in [1.29, 1.82) is 0 Å². The van der Waals surface area contributed by atoms with Crippen molar-refractivity contribution in [3.05, 3.63) is 29.8 Å². The number of carboxylic acid groups (broad SMARTS) is 1. The Labute approximate surface area is 137 Å². The number of hydrogen-bond acceptors (Lipinski definition) is 3. The normalized spacial score (nSPS) is 26.5. The van der Waals surface area contributed by atoms with Crippen LogP contribution in [0.25, 0.3) is 11.0 Å². The lowest BCUT2D eigenvalue weighted by atomic mass is 9.84. The number of rotatable bonds is 2. The lowest BCUT2D eigenvalue weighted by Gasteiger charge is -2.33. The van der Waals surface area contributed by atoms with E-state index >= 15 is 0 Å². The number of benzene rings is 1. The molecule has 1 aliphatic carbocycles. The molecule has 2 aliphatic rings. The Bertz CT molecular complexity index is 819. The van der Waals surface area contributed by atoms with E-state index in [-0.39, 0.29) is 17.5 Å². The maximum atomic E-state index is 13.9. The van der Waals surface area contributed by atoms with Gasteiger partial charge in [0, 0.05) is 6.04 Å². The summed E-state index contributed by atoms with van der Waals surface area (Å²) in [7, 11) is 0. The number of imidazole rings is 1. The minimum absolute atomic E-state index is 0.0791. The van der Waals surface area contributed by atoms with Crippen molar-refractivity contribution in [2.75, 3.05) is 0 Å². The molecular weight excluding hydrogens is 313 g/mol. The molecule has 1 saturated heterocycles. The number of carboxylic acids is 1. The molecule has 1 aromatic heterocycles. The van der Waals surface area contributed by atoms with Gasteiger partial charge in [0.05, 0.1) is 17.4 Å². The zero-order valence-electron chi connectivity index (χ0n) is 13.0. The average Bonchev–Trinajstić information content (AvgIpc) is 3.17. The first kappa shape index (κ1) is 15.1. The highest BCUT2D eigenvalue weighted by atomic mass is 19.1. The molecule has 0 radical (unpaired) electrons. The molecule has 2 N–H and O–H groups in total. The Morgan fingerprint density at radius 2 is 2.08 bits per heavy atom. The molecule has 6 nitrogen and oxygen atoms in total. The minimum Gasteiger partial charge on any atom is -0.480 e. The predicted octanol–water partition coefficient (Wildman–Crippen LogP) is 2.56.